The number of nitrogens with zero attached hydrogens (tertiary/aromatic N) is 2. The molecule has 0 bridgehead atoms. The zero-order valence-electron chi connectivity index (χ0n) is 9.98. The van der Waals surface area contributed by atoms with Gasteiger partial charge in [0.25, 0.3) is 0 Å². The molecule has 2 heteroatoms. The van der Waals surface area contributed by atoms with Crippen molar-refractivity contribution in [1.82, 2.24) is 0 Å². The molecule has 2 aliphatic rings. The van der Waals surface area contributed by atoms with Gasteiger partial charge in [0, 0.05) is 18.5 Å². The van der Waals surface area contributed by atoms with Crippen molar-refractivity contribution >= 4 is 11.4 Å². The van der Waals surface area contributed by atoms with Gasteiger partial charge < -0.3 is 0 Å². The van der Waals surface area contributed by atoms with Crippen molar-refractivity contribution < 1.29 is 0 Å². The largest absolute Gasteiger partial charge is 0.285 e. The van der Waals surface area contributed by atoms with Crippen LogP contribution in [0, 0.1) is 5.92 Å². The first-order valence-corrected chi connectivity index (χ1v) is 5.87. The average Bonchev–Trinajstić information content (AvgIpc) is 2.27. The third-order valence-electron chi connectivity index (χ3n) is 2.83. The smallest absolute Gasteiger partial charge is 0.0574 e. The summed E-state index contributed by atoms with van der Waals surface area (Å²) >= 11 is 0. The number of dihydropyridines is 1. The van der Waals surface area contributed by atoms with Crippen molar-refractivity contribution in [3.63, 3.8) is 0 Å². The van der Waals surface area contributed by atoms with E-state index in [1.807, 2.05) is 6.20 Å². The third-order valence-corrected chi connectivity index (χ3v) is 2.83. The fourth-order valence-electron chi connectivity index (χ4n) is 1.86. The van der Waals surface area contributed by atoms with Crippen LogP contribution in [0.3, 0.4) is 0 Å². The SMILES string of the molecule is CC1=CC(/C=C\C2=NC=CC(C)C2)=NCC1. The van der Waals surface area contributed by atoms with Gasteiger partial charge in [0.1, 0.15) is 0 Å². The minimum Gasteiger partial charge on any atom is -0.285 e. The van der Waals surface area contributed by atoms with Gasteiger partial charge in [-0.25, -0.2) is 0 Å². The summed E-state index contributed by atoms with van der Waals surface area (Å²) in [5.41, 5.74) is 3.64. The summed E-state index contributed by atoms with van der Waals surface area (Å²) < 4.78 is 0. The zero-order chi connectivity index (χ0) is 11.4. The highest BCUT2D eigenvalue weighted by Crippen LogP contribution is 2.12. The molecule has 2 rings (SSSR count). The minimum atomic E-state index is 0.600. The Bertz CT molecular complexity index is 408. The lowest BCUT2D eigenvalue weighted by atomic mass is 10.0. The third kappa shape index (κ3) is 3.02. The Labute approximate surface area is 97.2 Å². The van der Waals surface area contributed by atoms with Gasteiger partial charge in [0.05, 0.1) is 5.71 Å². The topological polar surface area (TPSA) is 24.7 Å². The van der Waals surface area contributed by atoms with E-state index in [0.29, 0.717) is 5.92 Å². The molecular formula is C14H18N2. The molecule has 0 radical (unpaired) electrons. The molecule has 0 aromatic rings. The predicted molar refractivity (Wildman–Crippen MR) is 70.2 cm³/mol. The summed E-state index contributed by atoms with van der Waals surface area (Å²) in [7, 11) is 0. The van der Waals surface area contributed by atoms with Crippen LogP contribution in [-0.2, 0) is 0 Å². The van der Waals surface area contributed by atoms with E-state index in [1.165, 1.54) is 5.57 Å². The number of hydrogen-bond acceptors (Lipinski definition) is 2. The Morgan fingerprint density at radius 3 is 3.00 bits per heavy atom. The van der Waals surface area contributed by atoms with E-state index < -0.39 is 0 Å². The molecule has 1 atom stereocenters. The van der Waals surface area contributed by atoms with Crippen molar-refractivity contribution in [2.24, 2.45) is 15.9 Å². The first-order valence-electron chi connectivity index (χ1n) is 5.87. The Hall–Kier alpha value is -1.44. The van der Waals surface area contributed by atoms with Crippen LogP contribution >= 0.6 is 0 Å². The molecule has 84 valence electrons. The first-order chi connectivity index (χ1) is 7.74. The van der Waals surface area contributed by atoms with Gasteiger partial charge in [-0.05, 0) is 43.9 Å². The summed E-state index contributed by atoms with van der Waals surface area (Å²) in [4.78, 5) is 8.82. The van der Waals surface area contributed by atoms with Crippen molar-refractivity contribution in [3.8, 4) is 0 Å². The van der Waals surface area contributed by atoms with E-state index in [1.54, 1.807) is 0 Å². The maximum atomic E-state index is 4.46. The normalized spacial score (nSPS) is 25.4. The monoisotopic (exact) mass is 214 g/mol. The van der Waals surface area contributed by atoms with Crippen molar-refractivity contribution in [3.05, 3.63) is 36.1 Å². The van der Waals surface area contributed by atoms with E-state index in [0.717, 1.165) is 30.8 Å². The molecule has 0 amide bonds. The van der Waals surface area contributed by atoms with Crippen LogP contribution in [0.1, 0.15) is 26.7 Å². The Morgan fingerprint density at radius 2 is 2.25 bits per heavy atom. The Balaban J connectivity index is 2.02. The van der Waals surface area contributed by atoms with Gasteiger partial charge in [-0.15, -0.1) is 0 Å². The number of allylic oxidation sites excluding steroid dienone is 4. The molecule has 0 saturated heterocycles. The van der Waals surface area contributed by atoms with E-state index in [4.69, 9.17) is 0 Å². The summed E-state index contributed by atoms with van der Waals surface area (Å²) in [5, 5.41) is 0. The minimum absolute atomic E-state index is 0.600. The van der Waals surface area contributed by atoms with Crippen molar-refractivity contribution in [2.45, 2.75) is 26.7 Å². The molecule has 0 aromatic carbocycles. The standard InChI is InChI=1S/C14H18N2/c1-11-5-7-15-13(9-11)3-4-14-10-12(2)6-8-16-14/h3-5,7,10-11H,6,8-9H2,1-2H3/b4-3-. The number of rotatable bonds is 2. The van der Waals surface area contributed by atoms with Gasteiger partial charge in [-0.3, -0.25) is 9.98 Å². The van der Waals surface area contributed by atoms with Crippen LogP contribution in [0.2, 0.25) is 0 Å². The second-order valence-corrected chi connectivity index (χ2v) is 4.52. The molecule has 0 fully saturated rings. The second-order valence-electron chi connectivity index (χ2n) is 4.52. The summed E-state index contributed by atoms with van der Waals surface area (Å²) in [5.74, 6) is 0.600. The van der Waals surface area contributed by atoms with Gasteiger partial charge in [-0.1, -0.05) is 18.6 Å². The molecule has 2 aliphatic heterocycles. The lowest BCUT2D eigenvalue weighted by Gasteiger charge is -2.10. The van der Waals surface area contributed by atoms with Crippen molar-refractivity contribution in [1.29, 1.82) is 0 Å². The highest BCUT2D eigenvalue weighted by molar-refractivity contribution is 6.09. The highest BCUT2D eigenvalue weighted by atomic mass is 14.7. The summed E-state index contributed by atoms with van der Waals surface area (Å²) in [6.45, 7) is 5.29. The van der Waals surface area contributed by atoms with Crippen LogP contribution in [0.5, 0.6) is 0 Å². The number of aliphatic imine (C=N–C) groups is 2. The molecule has 0 saturated carbocycles. The van der Waals surface area contributed by atoms with Gasteiger partial charge in [-0.2, -0.15) is 0 Å². The van der Waals surface area contributed by atoms with Crippen LogP contribution in [0.15, 0.2) is 46.1 Å². The first kappa shape index (κ1) is 11.1. The second kappa shape index (κ2) is 5.06. The van der Waals surface area contributed by atoms with E-state index >= 15 is 0 Å². The highest BCUT2D eigenvalue weighted by Gasteiger charge is 2.06. The molecular weight excluding hydrogens is 196 g/mol. The van der Waals surface area contributed by atoms with Crippen LogP contribution in [0.25, 0.3) is 0 Å². The zero-order valence-corrected chi connectivity index (χ0v) is 9.98. The molecule has 1 unspecified atom stereocenters. The van der Waals surface area contributed by atoms with E-state index in [-0.39, 0.29) is 0 Å². The molecule has 2 heterocycles. The fraction of sp³-hybridized carbons (Fsp3) is 0.429. The molecule has 0 aliphatic carbocycles. The van der Waals surface area contributed by atoms with Crippen molar-refractivity contribution in [2.75, 3.05) is 6.54 Å². The van der Waals surface area contributed by atoms with E-state index in [9.17, 15) is 0 Å². The lowest BCUT2D eigenvalue weighted by Crippen LogP contribution is -2.06. The maximum absolute atomic E-state index is 4.46. The fourth-order valence-corrected chi connectivity index (χ4v) is 1.86. The average molecular weight is 214 g/mol. The lowest BCUT2D eigenvalue weighted by molar-refractivity contribution is 0.757. The molecule has 16 heavy (non-hydrogen) atoms. The molecule has 2 nitrogen and oxygen atoms in total. The van der Waals surface area contributed by atoms with Gasteiger partial charge >= 0.3 is 0 Å². The van der Waals surface area contributed by atoms with Crippen LogP contribution in [-0.4, -0.2) is 18.0 Å². The summed E-state index contributed by atoms with van der Waals surface area (Å²) in [6, 6.07) is 0. The van der Waals surface area contributed by atoms with Gasteiger partial charge in [0.2, 0.25) is 0 Å². The van der Waals surface area contributed by atoms with Crippen LogP contribution in [0.4, 0.5) is 0 Å². The maximum Gasteiger partial charge on any atom is 0.0574 e. The van der Waals surface area contributed by atoms with Crippen LogP contribution < -0.4 is 0 Å². The van der Waals surface area contributed by atoms with E-state index in [2.05, 4.69) is 48.1 Å². The molecule has 0 N–H and O–H groups in total. The molecule has 0 aromatic heterocycles. The van der Waals surface area contributed by atoms with Gasteiger partial charge in [0.15, 0.2) is 0 Å². The number of hydrogen-bond donors (Lipinski definition) is 0. The molecule has 0 spiro atoms. The quantitative estimate of drug-likeness (QED) is 0.673. The summed E-state index contributed by atoms with van der Waals surface area (Å²) in [6.07, 6.45) is 12.5. The Kier molecular flexibility index (Phi) is 3.50. The Morgan fingerprint density at radius 1 is 1.38 bits per heavy atom. The predicted octanol–water partition coefficient (Wildman–Crippen LogP) is 3.33.